The Balaban J connectivity index is 2.23. The molecule has 0 radical (unpaired) electrons. The number of halogens is 2. The van der Waals surface area contributed by atoms with Crippen LogP contribution >= 0.6 is 11.8 Å². The molecule has 0 bridgehead atoms. The van der Waals surface area contributed by atoms with E-state index in [-0.39, 0.29) is 22.3 Å². The second kappa shape index (κ2) is 7.12. The third-order valence-electron chi connectivity index (χ3n) is 4.33. The molecule has 2 aromatic heterocycles. The van der Waals surface area contributed by atoms with Gasteiger partial charge in [0, 0.05) is 30.8 Å². The molecule has 9 heteroatoms. The van der Waals surface area contributed by atoms with Gasteiger partial charge in [0.1, 0.15) is 16.2 Å². The monoisotopic (exact) mass is 406 g/mol. The highest BCUT2D eigenvalue weighted by Crippen LogP contribution is 2.29. The number of aryl methyl sites for hydroxylation is 1. The lowest BCUT2D eigenvalue weighted by atomic mass is 9.96. The summed E-state index contributed by atoms with van der Waals surface area (Å²) in [5.74, 6) is -1.33. The first-order chi connectivity index (χ1) is 13.0. The number of hydrogen-bond donors (Lipinski definition) is 0. The van der Waals surface area contributed by atoms with E-state index in [1.54, 1.807) is 0 Å². The van der Waals surface area contributed by atoms with Gasteiger partial charge in [-0.25, -0.2) is 23.5 Å². The predicted octanol–water partition coefficient (Wildman–Crippen LogP) is 2.90. The van der Waals surface area contributed by atoms with Gasteiger partial charge in [0.15, 0.2) is 17.3 Å². The van der Waals surface area contributed by atoms with E-state index in [0.29, 0.717) is 10.9 Å². The molecule has 2 heterocycles. The van der Waals surface area contributed by atoms with Crippen LogP contribution in [0.1, 0.15) is 32.2 Å². The second-order valence-corrected chi connectivity index (χ2v) is 8.47. The van der Waals surface area contributed by atoms with Gasteiger partial charge in [-0.1, -0.05) is 32.9 Å². The number of fused-ring (bicyclic) bond motifs is 1. The Labute approximate surface area is 164 Å². The molecule has 0 unspecified atom stereocenters. The van der Waals surface area contributed by atoms with Crippen LogP contribution in [-0.4, -0.2) is 19.1 Å². The Hall–Kier alpha value is -2.55. The molecule has 0 fully saturated rings. The molecule has 148 valence electrons. The minimum Gasteiger partial charge on any atom is -0.280 e. The summed E-state index contributed by atoms with van der Waals surface area (Å²) in [5, 5.41) is 0.509. The second-order valence-electron chi connectivity index (χ2n) is 7.51. The van der Waals surface area contributed by atoms with Gasteiger partial charge in [0.2, 0.25) is 0 Å². The molecule has 1 aromatic carbocycles. The molecule has 0 N–H and O–H groups in total. The van der Waals surface area contributed by atoms with Crippen molar-refractivity contribution < 1.29 is 8.78 Å². The Kier molecular flexibility index (Phi) is 5.14. The average Bonchev–Trinajstić information content (AvgIpc) is 2.64. The lowest BCUT2D eigenvalue weighted by Gasteiger charge is -2.19. The van der Waals surface area contributed by atoms with E-state index >= 15 is 0 Å². The SMILES string of the molecule is Cn1c(=O)c2c(SCc3cccc(F)c3F)nc(C(C)(C)C)nc2n(C)c1=O. The minimum atomic E-state index is -0.931. The highest BCUT2D eigenvalue weighted by molar-refractivity contribution is 7.98. The first-order valence-electron chi connectivity index (χ1n) is 8.56. The standard InChI is InChI=1S/C19H20F2N4O2S/c1-19(2,3)17-22-14-12(16(26)25(5)18(27)24(14)4)15(23-17)28-9-10-7-6-8-11(20)13(10)21/h6-8H,9H2,1-5H3. The van der Waals surface area contributed by atoms with Gasteiger partial charge < -0.3 is 0 Å². The molecular weight excluding hydrogens is 386 g/mol. The molecule has 28 heavy (non-hydrogen) atoms. The van der Waals surface area contributed by atoms with Gasteiger partial charge in [0.05, 0.1) is 0 Å². The maximum atomic E-state index is 14.0. The Morgan fingerprint density at radius 2 is 1.75 bits per heavy atom. The molecule has 0 atom stereocenters. The maximum Gasteiger partial charge on any atom is 0.332 e. The Bertz CT molecular complexity index is 1200. The lowest BCUT2D eigenvalue weighted by Crippen LogP contribution is -2.38. The summed E-state index contributed by atoms with van der Waals surface area (Å²) >= 11 is 1.11. The zero-order chi connectivity index (χ0) is 20.8. The van der Waals surface area contributed by atoms with E-state index in [1.807, 2.05) is 20.8 Å². The van der Waals surface area contributed by atoms with E-state index in [4.69, 9.17) is 0 Å². The van der Waals surface area contributed by atoms with Crippen LogP contribution in [0.15, 0.2) is 32.8 Å². The van der Waals surface area contributed by atoms with Crippen LogP contribution in [0.2, 0.25) is 0 Å². The van der Waals surface area contributed by atoms with Crippen molar-refractivity contribution in [2.75, 3.05) is 0 Å². The molecule has 0 aliphatic rings. The van der Waals surface area contributed by atoms with E-state index < -0.39 is 28.3 Å². The van der Waals surface area contributed by atoms with Crippen molar-refractivity contribution in [3.05, 3.63) is 62.1 Å². The molecule has 0 saturated heterocycles. The van der Waals surface area contributed by atoms with E-state index in [2.05, 4.69) is 9.97 Å². The van der Waals surface area contributed by atoms with Crippen LogP contribution in [0.25, 0.3) is 11.0 Å². The summed E-state index contributed by atoms with van der Waals surface area (Å²) in [5.41, 5.74) is -1.08. The fourth-order valence-electron chi connectivity index (χ4n) is 2.67. The molecule has 3 rings (SSSR count). The minimum absolute atomic E-state index is 0.0747. The molecule has 6 nitrogen and oxygen atoms in total. The third kappa shape index (κ3) is 3.46. The largest absolute Gasteiger partial charge is 0.332 e. The first kappa shape index (κ1) is 20.2. The number of thioether (sulfide) groups is 1. The fraction of sp³-hybridized carbons (Fsp3) is 0.368. The van der Waals surface area contributed by atoms with Gasteiger partial charge >= 0.3 is 5.69 Å². The fourth-order valence-corrected chi connectivity index (χ4v) is 3.66. The highest BCUT2D eigenvalue weighted by atomic mass is 32.2. The van der Waals surface area contributed by atoms with Crippen LogP contribution in [-0.2, 0) is 25.3 Å². The van der Waals surface area contributed by atoms with E-state index in [1.165, 1.54) is 30.8 Å². The van der Waals surface area contributed by atoms with Gasteiger partial charge in [-0.15, -0.1) is 11.8 Å². The van der Waals surface area contributed by atoms with Crippen molar-refractivity contribution >= 4 is 22.8 Å². The van der Waals surface area contributed by atoms with Crippen LogP contribution in [0, 0.1) is 11.6 Å². The van der Waals surface area contributed by atoms with Crippen molar-refractivity contribution in [2.24, 2.45) is 14.1 Å². The molecule has 0 amide bonds. The first-order valence-corrected chi connectivity index (χ1v) is 9.55. The quantitative estimate of drug-likeness (QED) is 0.494. The number of benzene rings is 1. The topological polar surface area (TPSA) is 69.8 Å². The predicted molar refractivity (Wildman–Crippen MR) is 105 cm³/mol. The van der Waals surface area contributed by atoms with Crippen LogP contribution in [0.5, 0.6) is 0 Å². The zero-order valence-electron chi connectivity index (χ0n) is 16.2. The van der Waals surface area contributed by atoms with Gasteiger partial charge in [-0.3, -0.25) is 13.9 Å². The average molecular weight is 406 g/mol. The molecule has 0 aliphatic carbocycles. The summed E-state index contributed by atoms with van der Waals surface area (Å²) in [6.07, 6.45) is 0. The van der Waals surface area contributed by atoms with Crippen molar-refractivity contribution in [2.45, 2.75) is 37.0 Å². The number of aromatic nitrogens is 4. The summed E-state index contributed by atoms with van der Waals surface area (Å²) in [7, 11) is 2.91. The highest BCUT2D eigenvalue weighted by Gasteiger charge is 2.24. The summed E-state index contributed by atoms with van der Waals surface area (Å²) in [4.78, 5) is 34.0. The van der Waals surface area contributed by atoms with Crippen molar-refractivity contribution in [1.82, 2.24) is 19.1 Å². The smallest absolute Gasteiger partial charge is 0.280 e. The van der Waals surface area contributed by atoms with Crippen LogP contribution in [0.4, 0.5) is 8.78 Å². The molecule has 0 spiro atoms. The van der Waals surface area contributed by atoms with Gasteiger partial charge in [-0.05, 0) is 6.07 Å². The normalized spacial score (nSPS) is 12.0. The lowest BCUT2D eigenvalue weighted by molar-refractivity contribution is 0.502. The molecule has 0 aliphatic heterocycles. The van der Waals surface area contributed by atoms with Gasteiger partial charge in [0.25, 0.3) is 5.56 Å². The third-order valence-corrected chi connectivity index (χ3v) is 5.36. The Morgan fingerprint density at radius 3 is 2.39 bits per heavy atom. The summed E-state index contributed by atoms with van der Waals surface area (Å²) in [6.45, 7) is 5.73. The van der Waals surface area contributed by atoms with Crippen LogP contribution in [0.3, 0.4) is 0 Å². The summed E-state index contributed by atoms with van der Waals surface area (Å²) < 4.78 is 29.8. The maximum absolute atomic E-state index is 14.0. The number of hydrogen-bond acceptors (Lipinski definition) is 5. The van der Waals surface area contributed by atoms with Crippen molar-refractivity contribution in [3.8, 4) is 0 Å². The van der Waals surface area contributed by atoms with E-state index in [9.17, 15) is 18.4 Å². The van der Waals surface area contributed by atoms with E-state index in [0.717, 1.165) is 22.4 Å². The van der Waals surface area contributed by atoms with Crippen molar-refractivity contribution in [3.63, 3.8) is 0 Å². The number of nitrogens with zero attached hydrogens (tertiary/aromatic N) is 4. The summed E-state index contributed by atoms with van der Waals surface area (Å²) in [6, 6.07) is 3.95. The van der Waals surface area contributed by atoms with Crippen molar-refractivity contribution in [1.29, 1.82) is 0 Å². The number of rotatable bonds is 3. The molecule has 0 saturated carbocycles. The molecule has 3 aromatic rings. The van der Waals surface area contributed by atoms with Gasteiger partial charge in [-0.2, -0.15) is 0 Å². The molecular formula is C19H20F2N4O2S. The Morgan fingerprint density at radius 1 is 1.07 bits per heavy atom. The zero-order valence-corrected chi connectivity index (χ0v) is 17.0. The van der Waals surface area contributed by atoms with Crippen LogP contribution < -0.4 is 11.2 Å².